The van der Waals surface area contributed by atoms with Gasteiger partial charge in [-0.3, -0.25) is 14.2 Å². The van der Waals surface area contributed by atoms with Gasteiger partial charge < -0.3 is 10.0 Å². The number of rotatable bonds is 4. The summed E-state index contributed by atoms with van der Waals surface area (Å²) in [6, 6.07) is 0.0844. The molecule has 7 heteroatoms. The number of aliphatic hydroxyl groups excluding tert-OH is 1. The fourth-order valence-corrected chi connectivity index (χ4v) is 4.53. The molecule has 1 saturated heterocycles. The Morgan fingerprint density at radius 2 is 2.25 bits per heavy atom. The molecule has 1 aliphatic rings. The monoisotopic (exact) mass is 349 g/mol. The van der Waals surface area contributed by atoms with E-state index in [0.29, 0.717) is 34.6 Å². The van der Waals surface area contributed by atoms with Gasteiger partial charge in [0.25, 0.3) is 11.5 Å². The predicted octanol–water partition coefficient (Wildman–Crippen LogP) is 2.16. The van der Waals surface area contributed by atoms with Gasteiger partial charge in [-0.2, -0.15) is 0 Å². The third kappa shape index (κ3) is 2.86. The van der Waals surface area contributed by atoms with Crippen LogP contribution in [0.15, 0.2) is 11.1 Å². The lowest BCUT2D eigenvalue weighted by molar-refractivity contribution is 0.0579. The molecule has 1 fully saturated rings. The number of hydrogen-bond acceptors (Lipinski definition) is 5. The molecule has 0 radical (unpaired) electrons. The van der Waals surface area contributed by atoms with Crippen LogP contribution < -0.4 is 5.56 Å². The summed E-state index contributed by atoms with van der Waals surface area (Å²) in [6.45, 7) is 5.09. The molecule has 2 aromatic heterocycles. The summed E-state index contributed by atoms with van der Waals surface area (Å²) in [5.41, 5.74) is 0.648. The van der Waals surface area contributed by atoms with Gasteiger partial charge in [0.15, 0.2) is 0 Å². The number of aromatic nitrogens is 2. The molecule has 3 heterocycles. The fraction of sp³-hybridized carbons (Fsp3) is 0.588. The highest BCUT2D eigenvalue weighted by molar-refractivity contribution is 7.20. The molecule has 24 heavy (non-hydrogen) atoms. The Morgan fingerprint density at radius 1 is 1.46 bits per heavy atom. The summed E-state index contributed by atoms with van der Waals surface area (Å²) in [6.07, 6.45) is 5.15. The standard InChI is InChI=1S/C17H23N3O3S/c1-3-19-10-18-15-13(16(19)22)11(2)14(24-15)17(23)20-8-5-4-6-12(20)7-9-21/h10,12,21H,3-9H2,1-2H3. The van der Waals surface area contributed by atoms with Crippen molar-refractivity contribution in [3.8, 4) is 0 Å². The summed E-state index contributed by atoms with van der Waals surface area (Å²) >= 11 is 1.30. The zero-order chi connectivity index (χ0) is 17.3. The van der Waals surface area contributed by atoms with E-state index in [1.807, 2.05) is 18.7 Å². The van der Waals surface area contributed by atoms with E-state index in [4.69, 9.17) is 0 Å². The lowest BCUT2D eigenvalue weighted by atomic mass is 9.99. The lowest BCUT2D eigenvalue weighted by Crippen LogP contribution is -2.44. The number of fused-ring (bicyclic) bond motifs is 1. The Labute approximate surface area is 144 Å². The summed E-state index contributed by atoms with van der Waals surface area (Å²) < 4.78 is 1.56. The third-order valence-corrected chi connectivity index (χ3v) is 5.99. The number of hydrogen-bond donors (Lipinski definition) is 1. The molecule has 6 nitrogen and oxygen atoms in total. The molecule has 1 N–H and O–H groups in total. The fourth-order valence-electron chi connectivity index (χ4n) is 3.44. The van der Waals surface area contributed by atoms with Crippen LogP contribution in [-0.2, 0) is 6.54 Å². The van der Waals surface area contributed by atoms with Gasteiger partial charge in [0.1, 0.15) is 4.83 Å². The highest BCUT2D eigenvalue weighted by Gasteiger charge is 2.30. The molecule has 3 rings (SSSR count). The van der Waals surface area contributed by atoms with Gasteiger partial charge in [0.2, 0.25) is 0 Å². The number of likely N-dealkylation sites (tertiary alicyclic amines) is 1. The predicted molar refractivity (Wildman–Crippen MR) is 94.7 cm³/mol. The van der Waals surface area contributed by atoms with Crippen LogP contribution in [0.1, 0.15) is 47.8 Å². The van der Waals surface area contributed by atoms with E-state index in [1.54, 1.807) is 10.9 Å². The highest BCUT2D eigenvalue weighted by atomic mass is 32.1. The second-order valence-corrected chi connectivity index (χ2v) is 7.23. The van der Waals surface area contributed by atoms with E-state index in [9.17, 15) is 14.7 Å². The molecule has 1 amide bonds. The zero-order valence-electron chi connectivity index (χ0n) is 14.1. The zero-order valence-corrected chi connectivity index (χ0v) is 14.9. The minimum absolute atomic E-state index is 0.0314. The van der Waals surface area contributed by atoms with Crippen LogP contribution in [0, 0.1) is 6.92 Å². The molecule has 1 atom stereocenters. The molecule has 1 aliphatic heterocycles. The van der Waals surface area contributed by atoms with Crippen LogP contribution in [0.4, 0.5) is 0 Å². The molecule has 0 spiro atoms. The van der Waals surface area contributed by atoms with Crippen molar-refractivity contribution in [2.24, 2.45) is 0 Å². The second-order valence-electron chi connectivity index (χ2n) is 6.23. The van der Waals surface area contributed by atoms with Gasteiger partial charge in [-0.05, 0) is 45.1 Å². The van der Waals surface area contributed by atoms with Gasteiger partial charge in [0, 0.05) is 25.7 Å². The van der Waals surface area contributed by atoms with Crippen LogP contribution in [-0.4, -0.2) is 44.7 Å². The third-order valence-electron chi connectivity index (χ3n) is 4.80. The van der Waals surface area contributed by atoms with Crippen molar-refractivity contribution in [2.45, 2.75) is 52.1 Å². The lowest BCUT2D eigenvalue weighted by Gasteiger charge is -2.35. The number of carbonyl (C=O) groups is 1. The Morgan fingerprint density at radius 3 is 2.96 bits per heavy atom. The van der Waals surface area contributed by atoms with Crippen LogP contribution >= 0.6 is 11.3 Å². The molecular formula is C17H23N3O3S. The van der Waals surface area contributed by atoms with Crippen LogP contribution in [0.2, 0.25) is 0 Å². The summed E-state index contributed by atoms with van der Waals surface area (Å²) in [5, 5.41) is 9.82. The van der Waals surface area contributed by atoms with Gasteiger partial charge >= 0.3 is 0 Å². The van der Waals surface area contributed by atoms with Gasteiger partial charge in [-0.25, -0.2) is 4.98 Å². The first kappa shape index (κ1) is 17.1. The Hall–Kier alpha value is -1.73. The van der Waals surface area contributed by atoms with Gasteiger partial charge in [-0.1, -0.05) is 0 Å². The first-order chi connectivity index (χ1) is 11.6. The maximum atomic E-state index is 13.1. The number of piperidine rings is 1. The van der Waals surface area contributed by atoms with E-state index in [2.05, 4.69) is 4.98 Å². The molecule has 0 aliphatic carbocycles. The van der Waals surface area contributed by atoms with Crippen molar-refractivity contribution in [1.82, 2.24) is 14.5 Å². The smallest absolute Gasteiger partial charge is 0.264 e. The SMILES string of the molecule is CCn1cnc2sc(C(=O)N3CCCCC3CCO)c(C)c2c1=O. The Kier molecular flexibility index (Phi) is 5.01. The summed E-state index contributed by atoms with van der Waals surface area (Å²) in [4.78, 5) is 33.0. The maximum Gasteiger partial charge on any atom is 0.264 e. The first-order valence-corrected chi connectivity index (χ1v) is 9.30. The van der Waals surface area contributed by atoms with Crippen LogP contribution in [0.3, 0.4) is 0 Å². The van der Waals surface area contributed by atoms with E-state index in [0.717, 1.165) is 24.8 Å². The molecular weight excluding hydrogens is 326 g/mol. The van der Waals surface area contributed by atoms with Crippen molar-refractivity contribution in [1.29, 1.82) is 0 Å². The van der Waals surface area contributed by atoms with Gasteiger partial charge in [-0.15, -0.1) is 11.3 Å². The first-order valence-electron chi connectivity index (χ1n) is 8.48. The summed E-state index contributed by atoms with van der Waals surface area (Å²) in [5.74, 6) is -0.0314. The quantitative estimate of drug-likeness (QED) is 0.918. The van der Waals surface area contributed by atoms with E-state index >= 15 is 0 Å². The topological polar surface area (TPSA) is 75.4 Å². The number of amides is 1. The largest absolute Gasteiger partial charge is 0.396 e. The van der Waals surface area contributed by atoms with E-state index < -0.39 is 0 Å². The number of aliphatic hydroxyl groups is 1. The summed E-state index contributed by atoms with van der Waals surface area (Å²) in [7, 11) is 0. The van der Waals surface area contributed by atoms with Crippen molar-refractivity contribution in [2.75, 3.05) is 13.2 Å². The average molecular weight is 349 g/mol. The van der Waals surface area contributed by atoms with Gasteiger partial charge in [0.05, 0.1) is 16.6 Å². The second kappa shape index (κ2) is 7.03. The molecule has 130 valence electrons. The molecule has 0 bridgehead atoms. The molecule has 2 aromatic rings. The number of thiophene rings is 1. The highest BCUT2D eigenvalue weighted by Crippen LogP contribution is 2.30. The Bertz CT molecular complexity index is 809. The number of aryl methyl sites for hydroxylation is 2. The number of nitrogens with zero attached hydrogens (tertiary/aromatic N) is 3. The van der Waals surface area contributed by atoms with E-state index in [-0.39, 0.29) is 24.1 Å². The normalized spacial score (nSPS) is 18.3. The van der Waals surface area contributed by atoms with Crippen molar-refractivity contribution in [3.05, 3.63) is 27.1 Å². The minimum Gasteiger partial charge on any atom is -0.396 e. The number of carbonyl (C=O) groups excluding carboxylic acids is 1. The average Bonchev–Trinajstić information content (AvgIpc) is 2.93. The molecule has 0 aromatic carbocycles. The van der Waals surface area contributed by atoms with Crippen LogP contribution in [0.25, 0.3) is 10.2 Å². The molecule has 1 unspecified atom stereocenters. The van der Waals surface area contributed by atoms with Crippen LogP contribution in [0.5, 0.6) is 0 Å². The van der Waals surface area contributed by atoms with E-state index in [1.165, 1.54) is 11.3 Å². The molecule has 0 saturated carbocycles. The van der Waals surface area contributed by atoms with Crippen molar-refractivity contribution < 1.29 is 9.90 Å². The van der Waals surface area contributed by atoms with Crippen molar-refractivity contribution in [3.63, 3.8) is 0 Å². The van der Waals surface area contributed by atoms with Crippen molar-refractivity contribution >= 4 is 27.5 Å². The Balaban J connectivity index is 2.02. The maximum absolute atomic E-state index is 13.1. The minimum atomic E-state index is -0.0825.